The van der Waals surface area contributed by atoms with Crippen LogP contribution in [0.4, 0.5) is 17.1 Å². The van der Waals surface area contributed by atoms with E-state index in [0.717, 1.165) is 11.4 Å². The summed E-state index contributed by atoms with van der Waals surface area (Å²) < 4.78 is 0. The number of nitrogens with zero attached hydrogens (tertiary/aromatic N) is 2. The van der Waals surface area contributed by atoms with Gasteiger partial charge in [-0.15, -0.1) is 0 Å². The molecule has 34 heavy (non-hydrogen) atoms. The first kappa shape index (κ1) is 25.2. The second kappa shape index (κ2) is 10.2. The molecule has 1 aliphatic heterocycles. The molecule has 0 saturated heterocycles. The largest absolute Gasteiger partial charge is 0.347 e. The van der Waals surface area contributed by atoms with Gasteiger partial charge in [0.15, 0.2) is 5.78 Å². The summed E-state index contributed by atoms with van der Waals surface area (Å²) in [4.78, 5) is 41.0. The van der Waals surface area contributed by atoms with Gasteiger partial charge in [-0.05, 0) is 49.4 Å². The number of carbonyl (C=O) groups is 3. The molecule has 1 aliphatic rings. The molecule has 0 spiro atoms. The quantitative estimate of drug-likeness (QED) is 0.576. The van der Waals surface area contributed by atoms with Crippen molar-refractivity contribution in [2.75, 3.05) is 35.7 Å². The Morgan fingerprint density at radius 1 is 1.03 bits per heavy atom. The van der Waals surface area contributed by atoms with Crippen LogP contribution in [0.2, 0.25) is 0 Å². The number of hydrogen-bond donors (Lipinski definition) is 2. The van der Waals surface area contributed by atoms with E-state index in [1.807, 2.05) is 37.9 Å². The van der Waals surface area contributed by atoms with Crippen LogP contribution in [-0.2, 0) is 19.8 Å². The average molecular weight is 463 g/mol. The maximum absolute atomic E-state index is 13.2. The zero-order chi connectivity index (χ0) is 25.0. The molecule has 3 rings (SSSR count). The standard InChI is InChI=1S/C27H34N4O3/c1-7-31(17-26(34)29-21-14-12-20(13-15-21)28-19(3)32)18(2)24(33)16-25-27(4,5)22-10-8-9-11-23(22)30(25)6/h8-16,18H,7,17H2,1-6H3,(H,28,32)(H,29,34)/b25-16+. The van der Waals surface area contributed by atoms with Crippen molar-refractivity contribution in [1.29, 1.82) is 0 Å². The molecule has 2 amide bonds. The van der Waals surface area contributed by atoms with Crippen LogP contribution in [0.15, 0.2) is 60.3 Å². The molecular formula is C27H34N4O3. The van der Waals surface area contributed by atoms with Gasteiger partial charge in [-0.1, -0.05) is 39.0 Å². The summed E-state index contributed by atoms with van der Waals surface area (Å²) in [6, 6.07) is 14.7. The summed E-state index contributed by atoms with van der Waals surface area (Å²) in [6.07, 6.45) is 1.73. The lowest BCUT2D eigenvalue weighted by Crippen LogP contribution is -2.43. The molecule has 0 saturated carbocycles. The number of ketones is 1. The van der Waals surface area contributed by atoms with E-state index in [9.17, 15) is 14.4 Å². The Morgan fingerprint density at radius 3 is 2.18 bits per heavy atom. The number of para-hydroxylation sites is 1. The van der Waals surface area contributed by atoms with Crippen LogP contribution in [-0.4, -0.2) is 48.7 Å². The van der Waals surface area contributed by atoms with Gasteiger partial charge in [0, 0.05) is 48.2 Å². The zero-order valence-corrected chi connectivity index (χ0v) is 20.8. The van der Waals surface area contributed by atoms with Gasteiger partial charge in [-0.2, -0.15) is 0 Å². The van der Waals surface area contributed by atoms with Crippen LogP contribution in [0.5, 0.6) is 0 Å². The van der Waals surface area contributed by atoms with E-state index < -0.39 is 6.04 Å². The average Bonchev–Trinajstić information content (AvgIpc) is 2.98. The number of fused-ring (bicyclic) bond motifs is 1. The van der Waals surface area contributed by atoms with Crippen LogP contribution in [0.1, 0.15) is 40.2 Å². The van der Waals surface area contributed by atoms with E-state index >= 15 is 0 Å². The summed E-state index contributed by atoms with van der Waals surface area (Å²) in [5, 5.41) is 5.55. The molecule has 2 N–H and O–H groups in total. The fourth-order valence-corrected chi connectivity index (χ4v) is 4.44. The molecule has 2 aromatic carbocycles. The topological polar surface area (TPSA) is 81.8 Å². The predicted molar refractivity (Wildman–Crippen MR) is 137 cm³/mol. The molecule has 2 aromatic rings. The van der Waals surface area contributed by atoms with Crippen molar-refractivity contribution in [3.8, 4) is 0 Å². The minimum absolute atomic E-state index is 0.0305. The van der Waals surface area contributed by atoms with E-state index in [4.69, 9.17) is 0 Å². The van der Waals surface area contributed by atoms with Crippen LogP contribution in [0.25, 0.3) is 0 Å². The molecule has 0 aliphatic carbocycles. The number of nitrogens with one attached hydrogen (secondary N) is 2. The highest BCUT2D eigenvalue weighted by Crippen LogP contribution is 2.46. The van der Waals surface area contributed by atoms with Crippen LogP contribution in [0, 0.1) is 0 Å². The van der Waals surface area contributed by atoms with Crippen LogP contribution in [0.3, 0.4) is 0 Å². The predicted octanol–water partition coefficient (Wildman–Crippen LogP) is 4.17. The Hall–Kier alpha value is -3.45. The maximum Gasteiger partial charge on any atom is 0.238 e. The van der Waals surface area contributed by atoms with Crippen molar-refractivity contribution < 1.29 is 14.4 Å². The summed E-state index contributed by atoms with van der Waals surface area (Å²) in [5.41, 5.74) is 4.26. The highest BCUT2D eigenvalue weighted by molar-refractivity contribution is 5.97. The molecule has 0 aromatic heterocycles. The lowest BCUT2D eigenvalue weighted by Gasteiger charge is -2.28. The Labute approximate surface area is 201 Å². The van der Waals surface area contributed by atoms with Gasteiger partial charge in [0.1, 0.15) is 0 Å². The molecule has 7 nitrogen and oxygen atoms in total. The number of likely N-dealkylation sites (N-methyl/N-ethyl adjacent to an activating group) is 2. The molecule has 7 heteroatoms. The van der Waals surface area contributed by atoms with Crippen LogP contribution < -0.4 is 15.5 Å². The number of anilines is 3. The van der Waals surface area contributed by atoms with E-state index in [0.29, 0.717) is 17.9 Å². The number of rotatable bonds is 8. The van der Waals surface area contributed by atoms with Gasteiger partial charge in [0.25, 0.3) is 0 Å². The van der Waals surface area contributed by atoms with Gasteiger partial charge in [-0.25, -0.2) is 0 Å². The molecule has 1 heterocycles. The van der Waals surface area contributed by atoms with Crippen LogP contribution >= 0.6 is 0 Å². The third kappa shape index (κ3) is 5.37. The minimum Gasteiger partial charge on any atom is -0.347 e. The molecule has 1 unspecified atom stereocenters. The minimum atomic E-state index is -0.446. The van der Waals surface area contributed by atoms with Gasteiger partial charge >= 0.3 is 0 Å². The van der Waals surface area contributed by atoms with Crippen molar-refractivity contribution >= 4 is 34.7 Å². The second-order valence-electron chi connectivity index (χ2n) is 9.18. The van der Waals surface area contributed by atoms with Gasteiger partial charge in [0.05, 0.1) is 12.6 Å². The summed E-state index contributed by atoms with van der Waals surface area (Å²) >= 11 is 0. The van der Waals surface area contributed by atoms with Crippen molar-refractivity contribution in [2.45, 2.75) is 46.1 Å². The summed E-state index contributed by atoms with van der Waals surface area (Å²) in [6.45, 7) is 10.1. The fourth-order valence-electron chi connectivity index (χ4n) is 4.44. The SMILES string of the molecule is CCN(CC(=O)Nc1ccc(NC(C)=O)cc1)C(C)C(=O)/C=C1/N(C)c2ccccc2C1(C)C. The Kier molecular flexibility index (Phi) is 7.57. The number of amides is 2. The molecule has 0 bridgehead atoms. The lowest BCUT2D eigenvalue weighted by atomic mass is 9.83. The fraction of sp³-hybridized carbons (Fsp3) is 0.370. The van der Waals surface area contributed by atoms with Gasteiger partial charge in [0.2, 0.25) is 11.8 Å². The Morgan fingerprint density at radius 2 is 1.62 bits per heavy atom. The van der Waals surface area contributed by atoms with E-state index in [-0.39, 0.29) is 29.6 Å². The zero-order valence-electron chi connectivity index (χ0n) is 20.8. The van der Waals surface area contributed by atoms with Crippen molar-refractivity contribution in [2.24, 2.45) is 0 Å². The molecular weight excluding hydrogens is 428 g/mol. The number of carbonyl (C=O) groups excluding carboxylic acids is 3. The van der Waals surface area contributed by atoms with Crippen molar-refractivity contribution in [1.82, 2.24) is 4.90 Å². The number of allylic oxidation sites excluding steroid dienone is 1. The van der Waals surface area contributed by atoms with Crippen molar-refractivity contribution in [3.05, 3.63) is 65.9 Å². The smallest absolute Gasteiger partial charge is 0.238 e. The third-order valence-electron chi connectivity index (χ3n) is 6.42. The van der Waals surface area contributed by atoms with E-state index in [1.54, 1.807) is 30.3 Å². The first-order chi connectivity index (χ1) is 16.0. The van der Waals surface area contributed by atoms with E-state index in [1.165, 1.54) is 12.5 Å². The van der Waals surface area contributed by atoms with Gasteiger partial charge in [-0.3, -0.25) is 19.3 Å². The Bertz CT molecular complexity index is 1110. The summed E-state index contributed by atoms with van der Waals surface area (Å²) in [7, 11) is 1.99. The van der Waals surface area contributed by atoms with Gasteiger partial charge < -0.3 is 15.5 Å². The number of hydrogen-bond acceptors (Lipinski definition) is 5. The monoisotopic (exact) mass is 462 g/mol. The lowest BCUT2D eigenvalue weighted by molar-refractivity contribution is -0.122. The second-order valence-corrected chi connectivity index (χ2v) is 9.18. The molecule has 1 atom stereocenters. The van der Waals surface area contributed by atoms with E-state index in [2.05, 4.69) is 41.5 Å². The molecule has 0 radical (unpaired) electrons. The maximum atomic E-state index is 13.2. The number of benzene rings is 2. The summed E-state index contributed by atoms with van der Waals surface area (Å²) in [5.74, 6) is -0.385. The first-order valence-corrected chi connectivity index (χ1v) is 11.6. The van der Waals surface area contributed by atoms with Crippen molar-refractivity contribution in [3.63, 3.8) is 0 Å². The highest BCUT2D eigenvalue weighted by Gasteiger charge is 2.39. The third-order valence-corrected chi connectivity index (χ3v) is 6.42. The molecule has 0 fully saturated rings. The normalized spacial score (nSPS) is 16.3. The highest BCUT2D eigenvalue weighted by atomic mass is 16.2. The first-order valence-electron chi connectivity index (χ1n) is 11.6. The Balaban J connectivity index is 1.67. The molecule has 180 valence electrons.